The number of carbonyl (C=O) groups excluding carboxylic acids is 1. The fourth-order valence-electron chi connectivity index (χ4n) is 5.60. The first-order valence-electron chi connectivity index (χ1n) is 16.2. The quantitative estimate of drug-likeness (QED) is 0.105. The van der Waals surface area contributed by atoms with Gasteiger partial charge in [0.25, 0.3) is 0 Å². The van der Waals surface area contributed by atoms with Gasteiger partial charge in [-0.05, 0) is 75.0 Å². The van der Waals surface area contributed by atoms with E-state index in [0.29, 0.717) is 30.3 Å². The third-order valence-electron chi connectivity index (χ3n) is 8.28. The van der Waals surface area contributed by atoms with E-state index in [1.165, 1.54) is 11.8 Å². The van der Waals surface area contributed by atoms with Crippen molar-refractivity contribution in [2.45, 2.75) is 62.5 Å². The summed E-state index contributed by atoms with van der Waals surface area (Å²) in [7, 11) is 0. The minimum Gasteiger partial charge on any atom is -0.508 e. The van der Waals surface area contributed by atoms with Gasteiger partial charge in [0.05, 0.1) is 24.5 Å². The summed E-state index contributed by atoms with van der Waals surface area (Å²) in [5.41, 5.74) is 6.31. The molecule has 1 fully saturated rings. The molecule has 0 radical (unpaired) electrons. The molecule has 2 heterocycles. The number of carboxylic acids is 1. The molecular formula is C37H37N5O7S. The van der Waals surface area contributed by atoms with Gasteiger partial charge in [0.1, 0.15) is 5.75 Å². The molecule has 6 rings (SSSR count). The van der Waals surface area contributed by atoms with Crippen molar-refractivity contribution in [3.05, 3.63) is 119 Å². The summed E-state index contributed by atoms with van der Waals surface area (Å²) >= 11 is 1.47. The number of amides is 1. The Morgan fingerprint density at radius 2 is 1.64 bits per heavy atom. The number of phenols is 1. The summed E-state index contributed by atoms with van der Waals surface area (Å²) in [5, 5.41) is 43.7. The zero-order valence-electron chi connectivity index (χ0n) is 27.1. The van der Waals surface area contributed by atoms with E-state index in [4.69, 9.17) is 14.6 Å². The Balaban J connectivity index is 1.15. The Hall–Kier alpha value is -5.08. The van der Waals surface area contributed by atoms with Crippen LogP contribution in [-0.2, 0) is 32.2 Å². The lowest BCUT2D eigenvalue weighted by Crippen LogP contribution is -2.31. The maximum absolute atomic E-state index is 12.1. The maximum atomic E-state index is 12.1. The van der Waals surface area contributed by atoms with Crippen molar-refractivity contribution in [1.82, 2.24) is 25.5 Å². The average Bonchev–Trinajstić information content (AvgIpc) is 3.62. The largest absolute Gasteiger partial charge is 0.508 e. The average molecular weight is 696 g/mol. The minimum atomic E-state index is -0.910. The molecule has 0 aliphatic carbocycles. The molecule has 0 saturated carbocycles. The normalized spacial score (nSPS) is 17.3. The zero-order valence-corrected chi connectivity index (χ0v) is 27.9. The highest BCUT2D eigenvalue weighted by Gasteiger charge is 2.32. The molecule has 1 aromatic heterocycles. The third kappa shape index (κ3) is 9.12. The van der Waals surface area contributed by atoms with Crippen LogP contribution in [0.4, 0.5) is 0 Å². The lowest BCUT2D eigenvalue weighted by atomic mass is 9.99. The molecule has 12 nitrogen and oxygen atoms in total. The highest BCUT2D eigenvalue weighted by molar-refractivity contribution is 7.99. The van der Waals surface area contributed by atoms with Gasteiger partial charge in [-0.3, -0.25) is 9.59 Å². The van der Waals surface area contributed by atoms with Gasteiger partial charge in [0.15, 0.2) is 6.29 Å². The van der Waals surface area contributed by atoms with Crippen LogP contribution >= 0.6 is 11.8 Å². The molecular weight excluding hydrogens is 659 g/mol. The SMILES string of the molecule is O=C(O)CCCC(=O)NCc1cccc(-c2ccc(C3OC(CSc4nnnn4-c4ccc(O)cc4)CC(c4ccc(CO)cc4)O3)cc2)c1. The number of carboxylic acid groups (broad SMARTS) is 1. The molecule has 258 valence electrons. The standard InChI is InChI=1S/C37H37N5O7S/c43-22-24-7-9-27(10-8-24)33-20-32(23-50-37-39-40-41-42(37)30-15-17-31(44)18-16-30)48-36(49-33)28-13-11-26(12-14-28)29-4-1-3-25(19-29)21-38-34(45)5-2-6-35(46)47/h1,3-4,7-19,32-33,36,43-44H,2,5-6,20-23H2,(H,38,45)(H,46,47). The van der Waals surface area contributed by atoms with E-state index >= 15 is 0 Å². The van der Waals surface area contributed by atoms with Crippen LogP contribution < -0.4 is 5.32 Å². The second-order valence-electron chi connectivity index (χ2n) is 11.9. The predicted octanol–water partition coefficient (Wildman–Crippen LogP) is 5.74. The summed E-state index contributed by atoms with van der Waals surface area (Å²) in [6.07, 6.45) is -0.0494. The Kier molecular flexibility index (Phi) is 11.5. The van der Waals surface area contributed by atoms with Crippen molar-refractivity contribution in [2.75, 3.05) is 5.75 Å². The fraction of sp³-hybridized carbons (Fsp3) is 0.270. The van der Waals surface area contributed by atoms with Gasteiger partial charge in [-0.15, -0.1) is 5.10 Å². The number of tetrazole rings is 1. The highest BCUT2D eigenvalue weighted by atomic mass is 32.2. The number of rotatable bonds is 14. The van der Waals surface area contributed by atoms with E-state index < -0.39 is 12.3 Å². The van der Waals surface area contributed by atoms with Gasteiger partial charge in [0.2, 0.25) is 11.1 Å². The van der Waals surface area contributed by atoms with E-state index in [0.717, 1.165) is 39.1 Å². The number of phenolic OH excluding ortho intramolecular Hbond substituents is 1. The number of aliphatic hydroxyl groups is 1. The molecule has 0 bridgehead atoms. The number of hydrogen-bond donors (Lipinski definition) is 4. The summed E-state index contributed by atoms with van der Waals surface area (Å²) in [6.45, 7) is 0.314. The first-order chi connectivity index (χ1) is 24.3. The number of hydrogen-bond acceptors (Lipinski definition) is 10. The van der Waals surface area contributed by atoms with Crippen molar-refractivity contribution >= 4 is 23.6 Å². The van der Waals surface area contributed by atoms with Crippen LogP contribution in [0.25, 0.3) is 16.8 Å². The van der Waals surface area contributed by atoms with Crippen molar-refractivity contribution in [2.24, 2.45) is 0 Å². The van der Waals surface area contributed by atoms with E-state index in [1.807, 2.05) is 72.8 Å². The molecule has 1 amide bonds. The Bertz CT molecular complexity index is 1880. The van der Waals surface area contributed by atoms with Crippen LogP contribution in [-0.4, -0.2) is 59.3 Å². The number of benzene rings is 4. The lowest BCUT2D eigenvalue weighted by Gasteiger charge is -2.36. The van der Waals surface area contributed by atoms with Crippen molar-refractivity contribution in [3.63, 3.8) is 0 Å². The van der Waals surface area contributed by atoms with E-state index in [-0.39, 0.29) is 43.3 Å². The van der Waals surface area contributed by atoms with Gasteiger partial charge in [-0.2, -0.15) is 4.68 Å². The molecule has 13 heteroatoms. The second kappa shape index (κ2) is 16.5. The molecule has 4 N–H and O–H groups in total. The maximum Gasteiger partial charge on any atom is 0.303 e. The van der Waals surface area contributed by atoms with Crippen LogP contribution in [0, 0.1) is 0 Å². The number of nitrogens with zero attached hydrogens (tertiary/aromatic N) is 4. The smallest absolute Gasteiger partial charge is 0.303 e. The minimum absolute atomic E-state index is 0.0302. The number of nitrogens with one attached hydrogen (secondary N) is 1. The van der Waals surface area contributed by atoms with Crippen molar-refractivity contribution < 1.29 is 34.4 Å². The van der Waals surface area contributed by atoms with Crippen LogP contribution in [0.1, 0.15) is 60.3 Å². The van der Waals surface area contributed by atoms with Gasteiger partial charge in [-0.25, -0.2) is 0 Å². The monoisotopic (exact) mass is 695 g/mol. The first kappa shape index (κ1) is 34.8. The summed E-state index contributed by atoms with van der Waals surface area (Å²) in [4.78, 5) is 22.8. The summed E-state index contributed by atoms with van der Waals surface area (Å²) < 4.78 is 14.7. The van der Waals surface area contributed by atoms with Crippen LogP contribution in [0.3, 0.4) is 0 Å². The van der Waals surface area contributed by atoms with Crippen LogP contribution in [0.2, 0.25) is 0 Å². The van der Waals surface area contributed by atoms with Crippen LogP contribution in [0.15, 0.2) is 102 Å². The molecule has 3 atom stereocenters. The molecule has 1 saturated heterocycles. The molecule has 4 aromatic carbocycles. The van der Waals surface area contributed by atoms with Gasteiger partial charge >= 0.3 is 5.97 Å². The number of carbonyl (C=O) groups is 2. The highest BCUT2D eigenvalue weighted by Crippen LogP contribution is 2.40. The van der Waals surface area contributed by atoms with E-state index in [9.17, 15) is 19.8 Å². The van der Waals surface area contributed by atoms with Gasteiger partial charge in [0, 0.05) is 37.1 Å². The van der Waals surface area contributed by atoms with Crippen LogP contribution in [0.5, 0.6) is 5.75 Å². The number of ether oxygens (including phenoxy) is 2. The molecule has 5 aromatic rings. The number of aliphatic carboxylic acids is 1. The van der Waals surface area contributed by atoms with E-state index in [2.05, 4.69) is 20.8 Å². The number of aromatic hydroxyl groups is 1. The Labute approximate surface area is 293 Å². The van der Waals surface area contributed by atoms with Gasteiger partial charge in [-0.1, -0.05) is 78.5 Å². The summed E-state index contributed by atoms with van der Waals surface area (Å²) in [5.74, 6) is -0.369. The molecule has 0 spiro atoms. The first-order valence-corrected chi connectivity index (χ1v) is 17.2. The number of aromatic nitrogens is 4. The molecule has 1 aliphatic heterocycles. The molecule has 3 unspecified atom stereocenters. The fourth-order valence-corrected chi connectivity index (χ4v) is 6.51. The number of thioether (sulfide) groups is 1. The second-order valence-corrected chi connectivity index (χ2v) is 12.9. The third-order valence-corrected chi connectivity index (χ3v) is 9.33. The summed E-state index contributed by atoms with van der Waals surface area (Å²) in [6, 6.07) is 30.3. The van der Waals surface area contributed by atoms with Gasteiger partial charge < -0.3 is 30.1 Å². The number of aliphatic hydroxyl groups excluding tert-OH is 1. The zero-order chi connectivity index (χ0) is 34.9. The molecule has 50 heavy (non-hydrogen) atoms. The molecule has 1 aliphatic rings. The van der Waals surface area contributed by atoms with E-state index in [1.54, 1.807) is 28.9 Å². The lowest BCUT2D eigenvalue weighted by molar-refractivity contribution is -0.245. The van der Waals surface area contributed by atoms with Crippen molar-refractivity contribution in [3.8, 4) is 22.6 Å². The Morgan fingerprint density at radius 1 is 0.880 bits per heavy atom. The Morgan fingerprint density at radius 3 is 2.38 bits per heavy atom. The topological polar surface area (TPSA) is 169 Å². The van der Waals surface area contributed by atoms with Crippen molar-refractivity contribution in [1.29, 1.82) is 0 Å². The predicted molar refractivity (Wildman–Crippen MR) is 185 cm³/mol.